The fourth-order valence-corrected chi connectivity index (χ4v) is 2.64. The maximum atomic E-state index is 12.1. The number of rotatable bonds is 5. The van der Waals surface area contributed by atoms with Crippen molar-refractivity contribution in [2.45, 2.75) is 71.8 Å². The highest BCUT2D eigenvalue weighted by Crippen LogP contribution is 2.22. The second-order valence-electron chi connectivity index (χ2n) is 6.70. The molecule has 0 aliphatic carbocycles. The van der Waals surface area contributed by atoms with Gasteiger partial charge in [0.1, 0.15) is 5.60 Å². The van der Waals surface area contributed by atoms with Crippen molar-refractivity contribution >= 4 is 11.9 Å². The van der Waals surface area contributed by atoms with E-state index in [0.29, 0.717) is 0 Å². The Labute approximate surface area is 122 Å². The molecule has 1 aliphatic rings. The molecule has 0 radical (unpaired) electrons. The van der Waals surface area contributed by atoms with Crippen LogP contribution in [0.25, 0.3) is 0 Å². The Morgan fingerprint density at radius 1 is 1.15 bits per heavy atom. The first kappa shape index (κ1) is 17.0. The molecule has 0 atom stereocenters. The van der Waals surface area contributed by atoms with Crippen LogP contribution in [0.5, 0.6) is 0 Å². The van der Waals surface area contributed by atoms with E-state index in [9.17, 15) is 9.59 Å². The third-order valence-electron chi connectivity index (χ3n) is 3.63. The summed E-state index contributed by atoms with van der Waals surface area (Å²) in [7, 11) is 0. The van der Waals surface area contributed by atoms with Gasteiger partial charge < -0.3 is 9.64 Å². The average molecular weight is 283 g/mol. The maximum Gasteiger partial charge on any atom is 0.306 e. The first-order valence-electron chi connectivity index (χ1n) is 7.81. The van der Waals surface area contributed by atoms with Gasteiger partial charge in [0.25, 0.3) is 0 Å². The van der Waals surface area contributed by atoms with Gasteiger partial charge in [-0.15, -0.1) is 0 Å². The number of hydrogen-bond donors (Lipinski definition) is 0. The van der Waals surface area contributed by atoms with Gasteiger partial charge in [-0.25, -0.2) is 0 Å². The smallest absolute Gasteiger partial charge is 0.306 e. The maximum absolute atomic E-state index is 12.1. The van der Waals surface area contributed by atoms with Gasteiger partial charge in [0, 0.05) is 19.5 Å². The first-order chi connectivity index (χ1) is 9.31. The number of likely N-dealkylation sites (tertiary alicyclic amines) is 1. The lowest BCUT2D eigenvalue weighted by Gasteiger charge is -2.32. The summed E-state index contributed by atoms with van der Waals surface area (Å²) < 4.78 is 5.21. The third kappa shape index (κ3) is 6.40. The van der Waals surface area contributed by atoms with E-state index in [1.54, 1.807) is 0 Å². The standard InChI is InChI=1S/C16H29NO3/c1-5-6-13-9-11-17(12-10-13)14(18)7-8-15(19)20-16(2,3)4/h13H,5-12H2,1-4H3. The lowest BCUT2D eigenvalue weighted by atomic mass is 9.92. The molecule has 20 heavy (non-hydrogen) atoms. The van der Waals surface area contributed by atoms with Crippen molar-refractivity contribution in [3.8, 4) is 0 Å². The van der Waals surface area contributed by atoms with Crippen LogP contribution in [0.3, 0.4) is 0 Å². The molecule has 4 heteroatoms. The fourth-order valence-electron chi connectivity index (χ4n) is 2.64. The normalized spacial score (nSPS) is 17.1. The molecule has 0 aromatic carbocycles. The van der Waals surface area contributed by atoms with Gasteiger partial charge in [0.15, 0.2) is 0 Å². The van der Waals surface area contributed by atoms with E-state index in [2.05, 4.69) is 6.92 Å². The number of piperidine rings is 1. The molecular weight excluding hydrogens is 254 g/mol. The predicted molar refractivity (Wildman–Crippen MR) is 79.3 cm³/mol. The lowest BCUT2D eigenvalue weighted by molar-refractivity contribution is -0.156. The SMILES string of the molecule is CCCC1CCN(C(=O)CCC(=O)OC(C)(C)C)CC1. The van der Waals surface area contributed by atoms with Gasteiger partial charge in [0.2, 0.25) is 5.91 Å². The van der Waals surface area contributed by atoms with E-state index in [1.165, 1.54) is 12.8 Å². The van der Waals surface area contributed by atoms with Crippen LogP contribution in [0.15, 0.2) is 0 Å². The van der Waals surface area contributed by atoms with E-state index < -0.39 is 5.60 Å². The average Bonchev–Trinajstić information content (AvgIpc) is 2.35. The minimum absolute atomic E-state index is 0.0887. The Hall–Kier alpha value is -1.06. The summed E-state index contributed by atoms with van der Waals surface area (Å²) in [5.74, 6) is 0.576. The summed E-state index contributed by atoms with van der Waals surface area (Å²) in [6, 6.07) is 0. The highest BCUT2D eigenvalue weighted by Gasteiger charge is 2.23. The number of carbonyl (C=O) groups is 2. The highest BCUT2D eigenvalue weighted by molar-refractivity contribution is 5.81. The molecule has 4 nitrogen and oxygen atoms in total. The molecule has 0 bridgehead atoms. The summed E-state index contributed by atoms with van der Waals surface area (Å²) in [6.07, 6.45) is 5.15. The second kappa shape index (κ2) is 7.65. The summed E-state index contributed by atoms with van der Waals surface area (Å²) in [6.45, 7) is 9.41. The van der Waals surface area contributed by atoms with E-state index in [1.807, 2.05) is 25.7 Å². The number of amides is 1. The summed E-state index contributed by atoms with van der Waals surface area (Å²) >= 11 is 0. The zero-order chi connectivity index (χ0) is 15.2. The Balaban J connectivity index is 2.25. The lowest BCUT2D eigenvalue weighted by Crippen LogP contribution is -2.38. The summed E-state index contributed by atoms with van der Waals surface area (Å²) in [5, 5.41) is 0. The van der Waals surface area contributed by atoms with Crippen LogP contribution in [-0.2, 0) is 14.3 Å². The fraction of sp³-hybridized carbons (Fsp3) is 0.875. The molecule has 1 fully saturated rings. The topological polar surface area (TPSA) is 46.6 Å². The Bertz CT molecular complexity index is 325. The number of nitrogens with zero attached hydrogens (tertiary/aromatic N) is 1. The van der Waals surface area contributed by atoms with Gasteiger partial charge in [-0.3, -0.25) is 9.59 Å². The largest absolute Gasteiger partial charge is 0.460 e. The number of ether oxygens (including phenoxy) is 1. The van der Waals surface area contributed by atoms with Gasteiger partial charge in [-0.05, 0) is 39.5 Å². The predicted octanol–water partition coefficient (Wildman–Crippen LogP) is 3.15. The van der Waals surface area contributed by atoms with Gasteiger partial charge in [-0.1, -0.05) is 19.8 Å². The van der Waals surface area contributed by atoms with E-state index in [-0.39, 0.29) is 24.7 Å². The molecule has 0 aromatic rings. The molecule has 1 rings (SSSR count). The van der Waals surface area contributed by atoms with Crippen LogP contribution < -0.4 is 0 Å². The van der Waals surface area contributed by atoms with E-state index in [0.717, 1.165) is 31.8 Å². The molecule has 0 unspecified atom stereocenters. The number of carbonyl (C=O) groups excluding carboxylic acids is 2. The zero-order valence-corrected chi connectivity index (χ0v) is 13.4. The number of hydrogen-bond acceptors (Lipinski definition) is 3. The van der Waals surface area contributed by atoms with Crippen LogP contribution in [0.4, 0.5) is 0 Å². The van der Waals surface area contributed by atoms with Gasteiger partial charge in [-0.2, -0.15) is 0 Å². The molecule has 0 aromatic heterocycles. The molecule has 1 saturated heterocycles. The van der Waals surface area contributed by atoms with Crippen LogP contribution >= 0.6 is 0 Å². The van der Waals surface area contributed by atoms with Gasteiger partial charge >= 0.3 is 5.97 Å². The summed E-state index contributed by atoms with van der Waals surface area (Å²) in [5.41, 5.74) is -0.474. The van der Waals surface area contributed by atoms with Crippen molar-refractivity contribution in [1.29, 1.82) is 0 Å². The molecule has 116 valence electrons. The third-order valence-corrected chi connectivity index (χ3v) is 3.63. The number of esters is 1. The Kier molecular flexibility index (Phi) is 6.50. The minimum Gasteiger partial charge on any atom is -0.460 e. The van der Waals surface area contributed by atoms with Crippen LogP contribution in [0, 0.1) is 5.92 Å². The monoisotopic (exact) mass is 283 g/mol. The first-order valence-corrected chi connectivity index (χ1v) is 7.81. The summed E-state index contributed by atoms with van der Waals surface area (Å²) in [4.78, 5) is 25.5. The molecule has 1 heterocycles. The van der Waals surface area contributed by atoms with Crippen molar-refractivity contribution in [2.75, 3.05) is 13.1 Å². The van der Waals surface area contributed by atoms with E-state index >= 15 is 0 Å². The molecule has 1 aliphatic heterocycles. The Morgan fingerprint density at radius 2 is 1.75 bits per heavy atom. The van der Waals surface area contributed by atoms with Crippen molar-refractivity contribution in [1.82, 2.24) is 4.90 Å². The highest BCUT2D eigenvalue weighted by atomic mass is 16.6. The van der Waals surface area contributed by atoms with Crippen molar-refractivity contribution in [3.63, 3.8) is 0 Å². The molecule has 0 saturated carbocycles. The van der Waals surface area contributed by atoms with E-state index in [4.69, 9.17) is 4.74 Å². The van der Waals surface area contributed by atoms with Gasteiger partial charge in [0.05, 0.1) is 6.42 Å². The van der Waals surface area contributed by atoms with Crippen molar-refractivity contribution in [2.24, 2.45) is 5.92 Å². The van der Waals surface area contributed by atoms with Crippen LogP contribution in [-0.4, -0.2) is 35.5 Å². The van der Waals surface area contributed by atoms with Crippen molar-refractivity contribution in [3.05, 3.63) is 0 Å². The molecule has 0 N–H and O–H groups in total. The molecular formula is C16H29NO3. The van der Waals surface area contributed by atoms with Crippen molar-refractivity contribution < 1.29 is 14.3 Å². The minimum atomic E-state index is -0.474. The quantitative estimate of drug-likeness (QED) is 0.728. The van der Waals surface area contributed by atoms with Crippen LogP contribution in [0.1, 0.15) is 66.2 Å². The molecule has 1 amide bonds. The molecule has 0 spiro atoms. The Morgan fingerprint density at radius 3 is 2.25 bits per heavy atom. The second-order valence-corrected chi connectivity index (χ2v) is 6.70. The van der Waals surface area contributed by atoms with Crippen LogP contribution in [0.2, 0.25) is 0 Å². The zero-order valence-electron chi connectivity index (χ0n) is 13.4.